The summed E-state index contributed by atoms with van der Waals surface area (Å²) >= 11 is 3.47. The maximum absolute atomic E-state index is 12.8. The third kappa shape index (κ3) is 4.66. The molecule has 4 rings (SSSR count). The summed E-state index contributed by atoms with van der Waals surface area (Å²) in [6.45, 7) is 3.71. The SMILES string of the molecule is Cc1ccccc1NS(=O)(=O)c1ccc(OCC(=O)N2c3ccc(Br)cc3C[C@@H]2C)cc1. The number of anilines is 2. The van der Waals surface area contributed by atoms with E-state index < -0.39 is 10.0 Å². The first-order valence-electron chi connectivity index (χ1n) is 10.2. The third-order valence-electron chi connectivity index (χ3n) is 5.41. The van der Waals surface area contributed by atoms with Gasteiger partial charge >= 0.3 is 0 Å². The van der Waals surface area contributed by atoms with Gasteiger partial charge in [0.2, 0.25) is 0 Å². The second kappa shape index (κ2) is 8.96. The Morgan fingerprint density at radius 3 is 2.56 bits per heavy atom. The summed E-state index contributed by atoms with van der Waals surface area (Å²) in [5.41, 5.74) is 3.39. The van der Waals surface area contributed by atoms with Crippen molar-refractivity contribution in [3.05, 3.63) is 82.3 Å². The molecule has 0 aliphatic carbocycles. The lowest BCUT2D eigenvalue weighted by atomic mass is 10.1. The predicted octanol–water partition coefficient (Wildman–Crippen LogP) is 4.91. The number of nitrogens with zero attached hydrogens (tertiary/aromatic N) is 1. The summed E-state index contributed by atoms with van der Waals surface area (Å²) < 4.78 is 34.6. The van der Waals surface area contributed by atoms with Gasteiger partial charge in [0, 0.05) is 16.2 Å². The highest BCUT2D eigenvalue weighted by Gasteiger charge is 2.31. The van der Waals surface area contributed by atoms with Gasteiger partial charge in [0.25, 0.3) is 15.9 Å². The molecule has 0 fully saturated rings. The van der Waals surface area contributed by atoms with Crippen molar-refractivity contribution < 1.29 is 17.9 Å². The van der Waals surface area contributed by atoms with Gasteiger partial charge in [-0.1, -0.05) is 34.1 Å². The molecule has 1 aliphatic heterocycles. The molecule has 3 aromatic rings. The molecule has 1 heterocycles. The van der Waals surface area contributed by atoms with E-state index in [2.05, 4.69) is 20.7 Å². The first kappa shape index (κ1) is 22.4. The summed E-state index contributed by atoms with van der Waals surface area (Å²) in [6, 6.07) is 19.1. The minimum Gasteiger partial charge on any atom is -0.484 e. The van der Waals surface area contributed by atoms with Crippen molar-refractivity contribution in [3.8, 4) is 5.75 Å². The number of nitrogens with one attached hydrogen (secondary N) is 1. The Balaban J connectivity index is 1.41. The lowest BCUT2D eigenvalue weighted by Gasteiger charge is -2.22. The van der Waals surface area contributed by atoms with Crippen LogP contribution in [0.5, 0.6) is 5.75 Å². The fourth-order valence-electron chi connectivity index (χ4n) is 3.80. The molecule has 8 heteroatoms. The van der Waals surface area contributed by atoms with E-state index in [0.717, 1.165) is 27.7 Å². The molecule has 3 aromatic carbocycles. The minimum atomic E-state index is -3.73. The molecule has 32 heavy (non-hydrogen) atoms. The van der Waals surface area contributed by atoms with Crippen molar-refractivity contribution in [2.75, 3.05) is 16.2 Å². The second-order valence-electron chi connectivity index (χ2n) is 7.77. The van der Waals surface area contributed by atoms with Gasteiger partial charge in [-0.15, -0.1) is 0 Å². The molecule has 166 valence electrons. The van der Waals surface area contributed by atoms with Gasteiger partial charge < -0.3 is 9.64 Å². The molecule has 0 saturated carbocycles. The number of rotatable bonds is 6. The van der Waals surface area contributed by atoms with Crippen molar-refractivity contribution >= 4 is 43.2 Å². The molecule has 1 amide bonds. The molecular formula is C24H23BrN2O4S. The number of para-hydroxylation sites is 1. The smallest absolute Gasteiger partial charge is 0.265 e. The van der Waals surface area contributed by atoms with Crippen molar-refractivity contribution in [1.82, 2.24) is 0 Å². The van der Waals surface area contributed by atoms with Gasteiger partial charge in [-0.3, -0.25) is 9.52 Å². The zero-order valence-corrected chi connectivity index (χ0v) is 20.1. The number of halogens is 1. The van der Waals surface area contributed by atoms with Gasteiger partial charge in [0.15, 0.2) is 6.61 Å². The Morgan fingerprint density at radius 1 is 1.12 bits per heavy atom. The monoisotopic (exact) mass is 514 g/mol. The molecule has 0 saturated heterocycles. The molecular weight excluding hydrogens is 492 g/mol. The summed E-state index contributed by atoms with van der Waals surface area (Å²) in [7, 11) is -3.73. The van der Waals surface area contributed by atoms with Crippen LogP contribution in [0, 0.1) is 6.92 Å². The summed E-state index contributed by atoms with van der Waals surface area (Å²) in [5.74, 6) is 0.285. The van der Waals surface area contributed by atoms with Gasteiger partial charge in [0.05, 0.1) is 10.6 Å². The molecule has 0 aromatic heterocycles. The highest BCUT2D eigenvalue weighted by atomic mass is 79.9. The van der Waals surface area contributed by atoms with Gasteiger partial charge in [-0.05, 0) is 79.9 Å². The number of carbonyl (C=O) groups excluding carboxylic acids is 1. The topological polar surface area (TPSA) is 75.7 Å². The van der Waals surface area contributed by atoms with Crippen molar-refractivity contribution in [2.45, 2.75) is 31.2 Å². The lowest BCUT2D eigenvalue weighted by Crippen LogP contribution is -2.39. The molecule has 1 atom stereocenters. The van der Waals surface area contributed by atoms with Crippen LogP contribution in [-0.2, 0) is 21.2 Å². The maximum Gasteiger partial charge on any atom is 0.265 e. The quantitative estimate of drug-likeness (QED) is 0.506. The van der Waals surface area contributed by atoms with E-state index in [4.69, 9.17) is 4.74 Å². The highest BCUT2D eigenvalue weighted by molar-refractivity contribution is 9.10. The van der Waals surface area contributed by atoms with Crippen LogP contribution in [0.3, 0.4) is 0 Å². The van der Waals surface area contributed by atoms with Crippen molar-refractivity contribution in [3.63, 3.8) is 0 Å². The minimum absolute atomic E-state index is 0.0513. The van der Waals surface area contributed by atoms with E-state index in [1.807, 2.05) is 44.2 Å². The predicted molar refractivity (Wildman–Crippen MR) is 129 cm³/mol. The molecule has 0 bridgehead atoms. The van der Waals surface area contributed by atoms with Crippen molar-refractivity contribution in [2.24, 2.45) is 0 Å². The number of aryl methyl sites for hydroxylation is 1. The van der Waals surface area contributed by atoms with Crippen LogP contribution in [0.15, 0.2) is 76.1 Å². The number of sulfonamides is 1. The largest absolute Gasteiger partial charge is 0.484 e. The Hall–Kier alpha value is -2.84. The van der Waals surface area contributed by atoms with E-state index in [9.17, 15) is 13.2 Å². The molecule has 6 nitrogen and oxygen atoms in total. The van der Waals surface area contributed by atoms with Gasteiger partial charge in [0.1, 0.15) is 5.75 Å². The number of amides is 1. The van der Waals surface area contributed by atoms with Crippen molar-refractivity contribution in [1.29, 1.82) is 0 Å². The van der Waals surface area contributed by atoms with E-state index in [-0.39, 0.29) is 23.5 Å². The van der Waals surface area contributed by atoms with Crippen LogP contribution >= 0.6 is 15.9 Å². The fourth-order valence-corrected chi connectivity index (χ4v) is 5.34. The Bertz CT molecular complexity index is 1260. The number of carbonyl (C=O) groups is 1. The van der Waals surface area contributed by atoms with Crippen LogP contribution in [0.25, 0.3) is 0 Å². The standard InChI is InChI=1S/C24H23BrN2O4S/c1-16-5-3-4-6-22(16)26-32(29,30)21-10-8-20(9-11-21)31-15-24(28)27-17(2)13-18-14-19(25)7-12-23(18)27/h3-12,14,17,26H,13,15H2,1-2H3/t17-/m0/s1. The maximum atomic E-state index is 12.8. The summed E-state index contributed by atoms with van der Waals surface area (Å²) in [4.78, 5) is 14.7. The Kier molecular flexibility index (Phi) is 6.26. The number of hydrogen-bond acceptors (Lipinski definition) is 4. The molecule has 0 unspecified atom stereocenters. The second-order valence-corrected chi connectivity index (χ2v) is 10.4. The number of ether oxygens (including phenoxy) is 1. The third-order valence-corrected chi connectivity index (χ3v) is 7.29. The first-order valence-corrected chi connectivity index (χ1v) is 12.4. The lowest BCUT2D eigenvalue weighted by molar-refractivity contribution is -0.120. The van der Waals surface area contributed by atoms with E-state index in [0.29, 0.717) is 11.4 Å². The first-order chi connectivity index (χ1) is 15.2. The van der Waals surface area contributed by atoms with Crippen LogP contribution in [0.2, 0.25) is 0 Å². The average Bonchev–Trinajstić information content (AvgIpc) is 3.08. The van der Waals surface area contributed by atoms with E-state index in [1.54, 1.807) is 29.2 Å². The van der Waals surface area contributed by atoms with E-state index >= 15 is 0 Å². The molecule has 1 aliphatic rings. The van der Waals surface area contributed by atoms with Gasteiger partial charge in [-0.2, -0.15) is 0 Å². The summed E-state index contributed by atoms with van der Waals surface area (Å²) in [5, 5.41) is 0. The highest BCUT2D eigenvalue weighted by Crippen LogP contribution is 2.34. The molecule has 0 spiro atoms. The van der Waals surface area contributed by atoms with E-state index in [1.165, 1.54) is 12.1 Å². The van der Waals surface area contributed by atoms with Gasteiger partial charge in [-0.25, -0.2) is 8.42 Å². The zero-order chi connectivity index (χ0) is 22.9. The van der Waals surface area contributed by atoms with Crippen LogP contribution < -0.4 is 14.4 Å². The fraction of sp³-hybridized carbons (Fsp3) is 0.208. The molecule has 0 radical (unpaired) electrons. The number of benzene rings is 3. The summed E-state index contributed by atoms with van der Waals surface area (Å²) in [6.07, 6.45) is 0.793. The normalized spacial score (nSPS) is 15.3. The molecule has 1 N–H and O–H groups in total. The average molecular weight is 515 g/mol. The van der Waals surface area contributed by atoms with Crippen LogP contribution in [-0.4, -0.2) is 27.0 Å². The number of fused-ring (bicyclic) bond motifs is 1. The van der Waals surface area contributed by atoms with Crippen LogP contribution in [0.4, 0.5) is 11.4 Å². The Morgan fingerprint density at radius 2 is 1.84 bits per heavy atom. The zero-order valence-electron chi connectivity index (χ0n) is 17.7. The van der Waals surface area contributed by atoms with Crippen LogP contribution in [0.1, 0.15) is 18.1 Å². The Labute approximate surface area is 196 Å². The number of hydrogen-bond donors (Lipinski definition) is 1.